The highest BCUT2D eigenvalue weighted by Crippen LogP contribution is 2.09. The number of hydrogen-bond acceptors (Lipinski definition) is 3. The number of hydrogen-bond donors (Lipinski definition) is 2. The van der Waals surface area contributed by atoms with E-state index < -0.39 is 6.04 Å². The number of anilines is 1. The van der Waals surface area contributed by atoms with Crippen molar-refractivity contribution < 1.29 is 4.79 Å². The number of primary amides is 1. The normalized spacial score (nSPS) is 12.2. The van der Waals surface area contributed by atoms with Crippen LogP contribution in [0.5, 0.6) is 0 Å². The molecular formula is C10H15N3O. The van der Waals surface area contributed by atoms with Crippen molar-refractivity contribution >= 4 is 11.7 Å². The van der Waals surface area contributed by atoms with Crippen molar-refractivity contribution in [2.24, 2.45) is 5.73 Å². The minimum atomic E-state index is -0.399. The quantitative estimate of drug-likeness (QED) is 0.752. The van der Waals surface area contributed by atoms with E-state index in [9.17, 15) is 4.79 Å². The molecule has 4 heteroatoms. The molecule has 14 heavy (non-hydrogen) atoms. The molecule has 76 valence electrons. The van der Waals surface area contributed by atoms with Gasteiger partial charge in [0.25, 0.3) is 0 Å². The lowest BCUT2D eigenvalue weighted by Gasteiger charge is -2.11. The third-order valence-electron chi connectivity index (χ3n) is 1.89. The first-order valence-corrected chi connectivity index (χ1v) is 4.50. The number of nitrogens with one attached hydrogen (secondary N) is 1. The second kappa shape index (κ2) is 4.09. The van der Waals surface area contributed by atoms with Crippen LogP contribution in [-0.4, -0.2) is 16.9 Å². The largest absolute Gasteiger partial charge is 0.368 e. The van der Waals surface area contributed by atoms with Gasteiger partial charge in [-0.1, -0.05) is 0 Å². The number of rotatable bonds is 3. The van der Waals surface area contributed by atoms with Crippen LogP contribution in [0.15, 0.2) is 12.1 Å². The zero-order valence-corrected chi connectivity index (χ0v) is 8.66. The van der Waals surface area contributed by atoms with Gasteiger partial charge >= 0.3 is 0 Å². The molecule has 1 amide bonds. The van der Waals surface area contributed by atoms with E-state index in [1.807, 2.05) is 26.0 Å². The van der Waals surface area contributed by atoms with Gasteiger partial charge in [0.2, 0.25) is 5.91 Å². The van der Waals surface area contributed by atoms with Gasteiger partial charge in [0.1, 0.15) is 11.9 Å². The van der Waals surface area contributed by atoms with Gasteiger partial charge in [-0.05, 0) is 38.5 Å². The van der Waals surface area contributed by atoms with Gasteiger partial charge in [0, 0.05) is 5.69 Å². The summed E-state index contributed by atoms with van der Waals surface area (Å²) in [5.41, 5.74) is 7.16. The topological polar surface area (TPSA) is 68.0 Å². The lowest BCUT2D eigenvalue weighted by Crippen LogP contribution is -2.32. The molecule has 0 radical (unpaired) electrons. The summed E-state index contributed by atoms with van der Waals surface area (Å²) in [4.78, 5) is 15.0. The summed E-state index contributed by atoms with van der Waals surface area (Å²) in [6, 6.07) is 3.45. The van der Waals surface area contributed by atoms with E-state index >= 15 is 0 Å². The van der Waals surface area contributed by atoms with Gasteiger partial charge < -0.3 is 11.1 Å². The molecule has 3 N–H and O–H groups in total. The van der Waals surface area contributed by atoms with Gasteiger partial charge in [-0.25, -0.2) is 4.98 Å². The lowest BCUT2D eigenvalue weighted by atomic mass is 10.2. The number of pyridine rings is 1. The minimum Gasteiger partial charge on any atom is -0.368 e. The van der Waals surface area contributed by atoms with Gasteiger partial charge in [-0.3, -0.25) is 4.79 Å². The van der Waals surface area contributed by atoms with E-state index in [-0.39, 0.29) is 5.91 Å². The Bertz CT molecular complexity index is 329. The second-order valence-corrected chi connectivity index (χ2v) is 3.44. The molecule has 0 fully saturated rings. The number of aromatic nitrogens is 1. The van der Waals surface area contributed by atoms with Crippen molar-refractivity contribution in [1.29, 1.82) is 0 Å². The van der Waals surface area contributed by atoms with Crippen LogP contribution in [0.4, 0.5) is 5.82 Å². The van der Waals surface area contributed by atoms with Crippen LogP contribution in [-0.2, 0) is 4.79 Å². The number of carbonyl (C=O) groups excluding carboxylic acids is 1. The molecule has 1 rings (SSSR count). The monoisotopic (exact) mass is 193 g/mol. The van der Waals surface area contributed by atoms with E-state index in [1.54, 1.807) is 6.92 Å². The molecule has 1 heterocycles. The number of nitrogens with zero attached hydrogens (tertiary/aromatic N) is 1. The number of aryl methyl sites for hydroxylation is 2. The lowest BCUT2D eigenvalue weighted by molar-refractivity contribution is -0.118. The molecule has 0 aromatic carbocycles. The first kappa shape index (κ1) is 10.5. The van der Waals surface area contributed by atoms with Crippen LogP contribution in [0.2, 0.25) is 0 Å². The Hall–Kier alpha value is -1.58. The van der Waals surface area contributed by atoms with Gasteiger partial charge in [-0.15, -0.1) is 0 Å². The molecule has 0 aliphatic heterocycles. The predicted octanol–water partition coefficient (Wildman–Crippen LogP) is 0.984. The molecule has 0 aliphatic rings. The van der Waals surface area contributed by atoms with Crippen LogP contribution in [0.25, 0.3) is 0 Å². The summed E-state index contributed by atoms with van der Waals surface area (Å²) >= 11 is 0. The van der Waals surface area contributed by atoms with Crippen LogP contribution >= 0.6 is 0 Å². The fourth-order valence-electron chi connectivity index (χ4n) is 1.21. The van der Waals surface area contributed by atoms with E-state index in [1.165, 1.54) is 0 Å². The average Bonchev–Trinajstić information content (AvgIpc) is 2.01. The predicted molar refractivity (Wildman–Crippen MR) is 56.0 cm³/mol. The van der Waals surface area contributed by atoms with E-state index in [2.05, 4.69) is 10.3 Å². The Labute approximate surface area is 83.5 Å². The molecule has 1 atom stereocenters. The molecule has 1 aromatic heterocycles. The van der Waals surface area contributed by atoms with E-state index in [4.69, 9.17) is 5.73 Å². The SMILES string of the molecule is Cc1cc(C)nc(N[C@@H](C)C(N)=O)c1. The second-order valence-electron chi connectivity index (χ2n) is 3.44. The van der Waals surface area contributed by atoms with Crippen molar-refractivity contribution in [3.63, 3.8) is 0 Å². The molecule has 1 aromatic rings. The molecule has 0 saturated carbocycles. The van der Waals surface area contributed by atoms with E-state index in [0.717, 1.165) is 11.3 Å². The van der Waals surface area contributed by atoms with Crippen molar-refractivity contribution in [3.8, 4) is 0 Å². The summed E-state index contributed by atoms with van der Waals surface area (Å²) in [5.74, 6) is 0.305. The standard InChI is InChI=1S/C10H15N3O/c1-6-4-7(2)12-9(5-6)13-8(3)10(11)14/h4-5,8H,1-3H3,(H2,11,14)(H,12,13)/t8-/m0/s1. The summed E-state index contributed by atoms with van der Waals surface area (Å²) < 4.78 is 0. The molecule has 4 nitrogen and oxygen atoms in total. The third-order valence-corrected chi connectivity index (χ3v) is 1.89. The highest BCUT2D eigenvalue weighted by Gasteiger charge is 2.08. The number of carbonyl (C=O) groups is 1. The molecule has 0 bridgehead atoms. The molecule has 0 spiro atoms. The van der Waals surface area contributed by atoms with Crippen molar-refractivity contribution in [1.82, 2.24) is 4.98 Å². The summed E-state index contributed by atoms with van der Waals surface area (Å²) in [7, 11) is 0. The smallest absolute Gasteiger partial charge is 0.239 e. The summed E-state index contributed by atoms with van der Waals surface area (Å²) in [5, 5.41) is 2.94. The third kappa shape index (κ3) is 2.73. The van der Waals surface area contributed by atoms with Crippen LogP contribution in [0, 0.1) is 13.8 Å². The van der Waals surface area contributed by atoms with Crippen LogP contribution in [0.1, 0.15) is 18.2 Å². The molecule has 0 aliphatic carbocycles. The van der Waals surface area contributed by atoms with Crippen molar-refractivity contribution in [2.45, 2.75) is 26.8 Å². The average molecular weight is 193 g/mol. The van der Waals surface area contributed by atoms with Crippen molar-refractivity contribution in [3.05, 3.63) is 23.4 Å². The first-order chi connectivity index (χ1) is 6.49. The molecule has 0 unspecified atom stereocenters. The highest BCUT2D eigenvalue weighted by molar-refractivity contribution is 5.82. The van der Waals surface area contributed by atoms with Gasteiger partial charge in [0.05, 0.1) is 0 Å². The Morgan fingerprint density at radius 3 is 2.64 bits per heavy atom. The number of nitrogens with two attached hydrogens (primary N) is 1. The van der Waals surface area contributed by atoms with Crippen molar-refractivity contribution in [2.75, 3.05) is 5.32 Å². The zero-order valence-electron chi connectivity index (χ0n) is 8.66. The number of amides is 1. The first-order valence-electron chi connectivity index (χ1n) is 4.50. The maximum absolute atomic E-state index is 10.8. The molecule has 0 saturated heterocycles. The van der Waals surface area contributed by atoms with Crippen LogP contribution in [0.3, 0.4) is 0 Å². The van der Waals surface area contributed by atoms with Crippen LogP contribution < -0.4 is 11.1 Å². The summed E-state index contributed by atoms with van der Waals surface area (Å²) in [6.07, 6.45) is 0. The zero-order chi connectivity index (χ0) is 10.7. The Morgan fingerprint density at radius 1 is 1.50 bits per heavy atom. The highest BCUT2D eigenvalue weighted by atomic mass is 16.1. The maximum atomic E-state index is 10.8. The maximum Gasteiger partial charge on any atom is 0.239 e. The molecular weight excluding hydrogens is 178 g/mol. The Balaban J connectivity index is 2.81. The van der Waals surface area contributed by atoms with Gasteiger partial charge in [0.15, 0.2) is 0 Å². The Kier molecular flexibility index (Phi) is 3.06. The fraction of sp³-hybridized carbons (Fsp3) is 0.400. The van der Waals surface area contributed by atoms with E-state index in [0.29, 0.717) is 5.82 Å². The fourth-order valence-corrected chi connectivity index (χ4v) is 1.21. The Morgan fingerprint density at radius 2 is 2.14 bits per heavy atom. The van der Waals surface area contributed by atoms with Gasteiger partial charge in [-0.2, -0.15) is 0 Å². The summed E-state index contributed by atoms with van der Waals surface area (Å²) in [6.45, 7) is 5.60. The minimum absolute atomic E-state index is 0.383.